The molecule has 1 fully saturated rings. The third-order valence-electron chi connectivity index (χ3n) is 6.41. The van der Waals surface area contributed by atoms with E-state index in [1.54, 1.807) is 23.1 Å². The summed E-state index contributed by atoms with van der Waals surface area (Å²) in [5, 5.41) is 2.84. The fraction of sp³-hybridized carbons (Fsp3) is 0.259. The van der Waals surface area contributed by atoms with E-state index in [9.17, 15) is 18.0 Å². The number of hydrogen-bond donors (Lipinski definition) is 1. The highest BCUT2D eigenvalue weighted by molar-refractivity contribution is 7.89. The van der Waals surface area contributed by atoms with E-state index in [0.29, 0.717) is 42.3 Å². The van der Waals surface area contributed by atoms with Crippen molar-refractivity contribution in [2.45, 2.75) is 30.7 Å². The van der Waals surface area contributed by atoms with Crippen LogP contribution in [0, 0.1) is 0 Å². The maximum atomic E-state index is 12.9. The van der Waals surface area contributed by atoms with Crippen molar-refractivity contribution in [2.75, 3.05) is 29.9 Å². The zero-order chi connectivity index (χ0) is 25.1. The number of amides is 2. The smallest absolute Gasteiger partial charge is 0.265 e. The monoisotopic (exact) mass is 505 g/mol. The van der Waals surface area contributed by atoms with E-state index in [1.165, 1.54) is 28.6 Å². The van der Waals surface area contributed by atoms with Gasteiger partial charge in [0.1, 0.15) is 5.75 Å². The van der Waals surface area contributed by atoms with Gasteiger partial charge in [-0.1, -0.05) is 36.8 Å². The van der Waals surface area contributed by atoms with Crippen molar-refractivity contribution in [3.8, 4) is 5.75 Å². The highest BCUT2D eigenvalue weighted by atomic mass is 32.2. The maximum Gasteiger partial charge on any atom is 0.265 e. The number of carbonyl (C=O) groups excluding carboxylic acids is 2. The summed E-state index contributed by atoms with van der Waals surface area (Å²) in [6, 6.07) is 20.8. The Kier molecular flexibility index (Phi) is 6.75. The van der Waals surface area contributed by atoms with Gasteiger partial charge in [0.15, 0.2) is 6.61 Å². The van der Waals surface area contributed by atoms with Crippen LogP contribution in [0.4, 0.5) is 11.4 Å². The highest BCUT2D eigenvalue weighted by Crippen LogP contribution is 2.35. The van der Waals surface area contributed by atoms with E-state index in [1.807, 2.05) is 30.3 Å². The van der Waals surface area contributed by atoms with Crippen LogP contribution >= 0.6 is 0 Å². The number of carbonyl (C=O) groups is 2. The van der Waals surface area contributed by atoms with Gasteiger partial charge in [0, 0.05) is 24.3 Å². The molecule has 0 unspecified atom stereocenters. The van der Waals surface area contributed by atoms with E-state index in [0.717, 1.165) is 24.8 Å². The first-order valence-electron chi connectivity index (χ1n) is 11.9. The molecule has 1 N–H and O–H groups in total. The average molecular weight is 506 g/mol. The van der Waals surface area contributed by atoms with Crippen molar-refractivity contribution in [2.24, 2.45) is 0 Å². The van der Waals surface area contributed by atoms with E-state index >= 15 is 0 Å². The summed E-state index contributed by atoms with van der Waals surface area (Å²) in [5.41, 5.74) is 2.39. The van der Waals surface area contributed by atoms with Gasteiger partial charge >= 0.3 is 0 Å². The van der Waals surface area contributed by atoms with Crippen molar-refractivity contribution >= 4 is 33.2 Å². The molecule has 0 aliphatic carbocycles. The second-order valence-electron chi connectivity index (χ2n) is 8.88. The van der Waals surface area contributed by atoms with Crippen LogP contribution in [0.25, 0.3) is 0 Å². The lowest BCUT2D eigenvalue weighted by molar-refractivity contribution is -0.121. The van der Waals surface area contributed by atoms with Crippen LogP contribution in [0.5, 0.6) is 5.75 Å². The molecule has 3 aromatic carbocycles. The van der Waals surface area contributed by atoms with Gasteiger partial charge in [0.25, 0.3) is 11.8 Å². The minimum atomic E-state index is -3.56. The van der Waals surface area contributed by atoms with Crippen molar-refractivity contribution in [1.29, 1.82) is 0 Å². The standard InChI is InChI=1S/C27H27N3O5S/c31-26-19-35-25-14-11-22(17-24(25)30(26)18-20-7-3-1-4-8-20)28-27(32)21-9-12-23(13-10-21)36(33,34)29-15-5-2-6-16-29/h1,3-4,7-14,17H,2,5-6,15-16,18-19H2,(H,28,32). The van der Waals surface area contributed by atoms with Gasteiger partial charge in [-0.2, -0.15) is 4.31 Å². The summed E-state index contributed by atoms with van der Waals surface area (Å²) in [4.78, 5) is 27.3. The molecule has 0 saturated carbocycles. The summed E-state index contributed by atoms with van der Waals surface area (Å²) >= 11 is 0. The number of rotatable bonds is 6. The second-order valence-corrected chi connectivity index (χ2v) is 10.8. The lowest BCUT2D eigenvalue weighted by atomic mass is 10.1. The molecule has 0 aromatic heterocycles. The number of piperidine rings is 1. The van der Waals surface area contributed by atoms with Gasteiger partial charge in [0.2, 0.25) is 10.0 Å². The number of sulfonamides is 1. The molecule has 0 radical (unpaired) electrons. The number of nitrogens with zero attached hydrogens (tertiary/aromatic N) is 2. The van der Waals surface area contributed by atoms with Crippen LogP contribution in [0.3, 0.4) is 0 Å². The molecule has 0 spiro atoms. The van der Waals surface area contributed by atoms with Crippen molar-refractivity contribution < 1.29 is 22.7 Å². The number of nitrogens with one attached hydrogen (secondary N) is 1. The molecule has 3 aromatic rings. The molecule has 36 heavy (non-hydrogen) atoms. The van der Waals surface area contributed by atoms with Crippen LogP contribution in [0.2, 0.25) is 0 Å². The summed E-state index contributed by atoms with van der Waals surface area (Å²) < 4.78 is 32.8. The predicted molar refractivity (Wildman–Crippen MR) is 137 cm³/mol. The zero-order valence-electron chi connectivity index (χ0n) is 19.7. The molecule has 8 nitrogen and oxygen atoms in total. The lowest BCUT2D eigenvalue weighted by Gasteiger charge is -2.30. The van der Waals surface area contributed by atoms with E-state index in [4.69, 9.17) is 4.74 Å². The van der Waals surface area contributed by atoms with Crippen LogP contribution < -0.4 is 15.0 Å². The molecule has 2 aliphatic rings. The third-order valence-corrected chi connectivity index (χ3v) is 8.33. The molecule has 0 bridgehead atoms. The fourth-order valence-corrected chi connectivity index (χ4v) is 5.97. The first-order chi connectivity index (χ1) is 17.4. The first kappa shape index (κ1) is 24.0. The topological polar surface area (TPSA) is 96.0 Å². The Labute approximate surface area is 210 Å². The lowest BCUT2D eigenvalue weighted by Crippen LogP contribution is -2.38. The molecule has 186 valence electrons. The predicted octanol–water partition coefficient (Wildman–Crippen LogP) is 4.04. The molecule has 1 saturated heterocycles. The highest BCUT2D eigenvalue weighted by Gasteiger charge is 2.27. The Hall–Kier alpha value is -3.69. The summed E-state index contributed by atoms with van der Waals surface area (Å²) in [6.45, 7) is 1.39. The van der Waals surface area contributed by atoms with Gasteiger partial charge < -0.3 is 15.0 Å². The minimum absolute atomic E-state index is 0.0434. The Morgan fingerprint density at radius 3 is 2.36 bits per heavy atom. The molecular weight excluding hydrogens is 478 g/mol. The second kappa shape index (κ2) is 10.1. The normalized spacial score (nSPS) is 16.2. The fourth-order valence-electron chi connectivity index (χ4n) is 4.46. The maximum absolute atomic E-state index is 12.9. The summed E-state index contributed by atoms with van der Waals surface area (Å²) in [6.07, 6.45) is 2.76. The first-order valence-corrected chi connectivity index (χ1v) is 13.4. The van der Waals surface area contributed by atoms with E-state index in [-0.39, 0.29) is 23.3 Å². The van der Waals surface area contributed by atoms with Gasteiger partial charge in [-0.25, -0.2) is 8.42 Å². The van der Waals surface area contributed by atoms with Crippen molar-refractivity contribution in [1.82, 2.24) is 4.31 Å². The number of benzene rings is 3. The summed E-state index contributed by atoms with van der Waals surface area (Å²) in [5.74, 6) is 0.0191. The van der Waals surface area contributed by atoms with Crippen molar-refractivity contribution in [3.63, 3.8) is 0 Å². The SMILES string of the molecule is O=C(Nc1ccc2c(c1)N(Cc1ccccc1)C(=O)CO2)c1ccc(S(=O)(=O)N2CCCCC2)cc1. The van der Waals surface area contributed by atoms with E-state index in [2.05, 4.69) is 5.32 Å². The Bertz CT molecular complexity index is 1370. The Morgan fingerprint density at radius 1 is 0.917 bits per heavy atom. The molecule has 2 amide bonds. The van der Waals surface area contributed by atoms with Gasteiger partial charge in [0.05, 0.1) is 17.1 Å². The summed E-state index contributed by atoms with van der Waals surface area (Å²) in [7, 11) is -3.56. The quantitative estimate of drug-likeness (QED) is 0.546. The van der Waals surface area contributed by atoms with Crippen LogP contribution in [-0.4, -0.2) is 44.2 Å². The van der Waals surface area contributed by atoms with Gasteiger partial charge in [-0.05, 0) is 60.9 Å². The zero-order valence-corrected chi connectivity index (χ0v) is 20.5. The number of hydrogen-bond acceptors (Lipinski definition) is 5. The largest absolute Gasteiger partial charge is 0.482 e. The van der Waals surface area contributed by atoms with Crippen LogP contribution in [0.15, 0.2) is 77.7 Å². The Balaban J connectivity index is 1.32. The minimum Gasteiger partial charge on any atom is -0.482 e. The molecule has 5 rings (SSSR count). The van der Waals surface area contributed by atoms with E-state index < -0.39 is 10.0 Å². The number of ether oxygens (including phenoxy) is 1. The van der Waals surface area contributed by atoms with Gasteiger partial charge in [-0.3, -0.25) is 9.59 Å². The number of anilines is 2. The van der Waals surface area contributed by atoms with Crippen molar-refractivity contribution in [3.05, 3.63) is 83.9 Å². The van der Waals surface area contributed by atoms with Gasteiger partial charge in [-0.15, -0.1) is 0 Å². The molecule has 9 heteroatoms. The molecule has 2 heterocycles. The van der Waals surface area contributed by atoms with Crippen LogP contribution in [0.1, 0.15) is 35.2 Å². The molecular formula is C27H27N3O5S. The molecule has 0 atom stereocenters. The Morgan fingerprint density at radius 2 is 1.64 bits per heavy atom. The third kappa shape index (κ3) is 4.98. The average Bonchev–Trinajstić information content (AvgIpc) is 2.91. The van der Waals surface area contributed by atoms with Crippen LogP contribution in [-0.2, 0) is 21.4 Å². The number of fused-ring (bicyclic) bond motifs is 1. The molecule has 2 aliphatic heterocycles.